The number of carbonyl (C=O) groups excluding carboxylic acids is 1. The zero-order valence-electron chi connectivity index (χ0n) is 7.86. The number of amides is 1. The van der Waals surface area contributed by atoms with Crippen molar-refractivity contribution < 1.29 is 4.79 Å². The van der Waals surface area contributed by atoms with Gasteiger partial charge in [0.1, 0.15) is 6.42 Å². The van der Waals surface area contributed by atoms with Gasteiger partial charge >= 0.3 is 0 Å². The lowest BCUT2D eigenvalue weighted by atomic mass is 10.2. The molecule has 1 heterocycles. The Morgan fingerprint density at radius 2 is 2.64 bits per heavy atom. The van der Waals surface area contributed by atoms with Gasteiger partial charge < -0.3 is 5.32 Å². The van der Waals surface area contributed by atoms with Gasteiger partial charge in [0.25, 0.3) is 0 Å². The maximum absolute atomic E-state index is 11.0. The zero-order chi connectivity index (χ0) is 10.4. The Morgan fingerprint density at radius 1 is 1.86 bits per heavy atom. The second kappa shape index (κ2) is 5.35. The van der Waals surface area contributed by atoms with Gasteiger partial charge in [0.05, 0.1) is 11.1 Å². The average Bonchev–Trinajstić information content (AvgIpc) is 2.67. The summed E-state index contributed by atoms with van der Waals surface area (Å²) in [6.45, 7) is 2.53. The summed E-state index contributed by atoms with van der Waals surface area (Å²) in [6.07, 6.45) is 1.66. The Balaban J connectivity index is 2.32. The third-order valence-electron chi connectivity index (χ3n) is 1.72. The molecule has 0 radical (unpaired) electrons. The summed E-state index contributed by atoms with van der Waals surface area (Å²) in [7, 11) is 0. The van der Waals surface area contributed by atoms with Crippen molar-refractivity contribution in [1.82, 2.24) is 10.3 Å². The first-order chi connectivity index (χ1) is 6.74. The van der Waals surface area contributed by atoms with E-state index in [0.29, 0.717) is 6.54 Å². The molecule has 1 atom stereocenters. The number of nitriles is 1. The fourth-order valence-electron chi connectivity index (χ4n) is 0.966. The number of thiazole rings is 1. The molecule has 1 rings (SSSR count). The molecule has 1 amide bonds. The number of aromatic nitrogens is 1. The van der Waals surface area contributed by atoms with Crippen LogP contribution >= 0.6 is 11.3 Å². The molecule has 14 heavy (non-hydrogen) atoms. The Hall–Kier alpha value is -1.41. The van der Waals surface area contributed by atoms with Crippen LogP contribution in [0.15, 0.2) is 11.6 Å². The fraction of sp³-hybridized carbons (Fsp3) is 0.444. The van der Waals surface area contributed by atoms with Gasteiger partial charge in [-0.15, -0.1) is 11.3 Å². The van der Waals surface area contributed by atoms with Crippen LogP contribution in [0.3, 0.4) is 0 Å². The minimum absolute atomic E-state index is 0.0788. The molecule has 1 aromatic rings. The van der Waals surface area contributed by atoms with Crippen molar-refractivity contribution in [2.75, 3.05) is 6.54 Å². The quantitative estimate of drug-likeness (QED) is 0.812. The summed E-state index contributed by atoms with van der Waals surface area (Å²) < 4.78 is 0. The number of nitrogens with zero attached hydrogens (tertiary/aromatic N) is 2. The minimum Gasteiger partial charge on any atom is -0.355 e. The molecule has 0 fully saturated rings. The zero-order valence-corrected chi connectivity index (χ0v) is 8.67. The van der Waals surface area contributed by atoms with Gasteiger partial charge in [-0.1, -0.05) is 6.92 Å². The topological polar surface area (TPSA) is 65.8 Å². The van der Waals surface area contributed by atoms with E-state index in [1.807, 2.05) is 12.3 Å². The number of rotatable bonds is 4. The van der Waals surface area contributed by atoms with Crippen LogP contribution in [-0.2, 0) is 4.79 Å². The van der Waals surface area contributed by atoms with Crippen molar-refractivity contribution in [2.24, 2.45) is 0 Å². The molecular formula is C9H11N3OS. The molecular weight excluding hydrogens is 198 g/mol. The van der Waals surface area contributed by atoms with E-state index in [-0.39, 0.29) is 18.2 Å². The highest BCUT2D eigenvalue weighted by atomic mass is 32.1. The summed E-state index contributed by atoms with van der Waals surface area (Å²) in [5.41, 5.74) is 0. The molecule has 1 N–H and O–H groups in total. The third kappa shape index (κ3) is 3.15. The van der Waals surface area contributed by atoms with Crippen molar-refractivity contribution in [2.45, 2.75) is 19.3 Å². The number of carbonyl (C=O) groups is 1. The number of nitrogens with one attached hydrogen (secondary N) is 1. The highest BCUT2D eigenvalue weighted by Crippen LogP contribution is 2.16. The second-order valence-corrected chi connectivity index (χ2v) is 3.84. The molecule has 0 aliphatic rings. The van der Waals surface area contributed by atoms with E-state index in [4.69, 9.17) is 5.26 Å². The normalized spacial score (nSPS) is 11.7. The van der Waals surface area contributed by atoms with Gasteiger partial charge in [-0.05, 0) is 0 Å². The lowest BCUT2D eigenvalue weighted by Gasteiger charge is -2.08. The molecule has 0 saturated carbocycles. The van der Waals surface area contributed by atoms with Crippen LogP contribution in [0.25, 0.3) is 0 Å². The number of hydrogen-bond acceptors (Lipinski definition) is 4. The third-order valence-corrected chi connectivity index (χ3v) is 2.73. The molecule has 0 aliphatic carbocycles. The maximum atomic E-state index is 11.0. The summed E-state index contributed by atoms with van der Waals surface area (Å²) in [5, 5.41) is 13.8. The van der Waals surface area contributed by atoms with Gasteiger partial charge in [-0.25, -0.2) is 4.98 Å². The largest absolute Gasteiger partial charge is 0.355 e. The van der Waals surface area contributed by atoms with E-state index in [1.54, 1.807) is 23.6 Å². The van der Waals surface area contributed by atoms with Gasteiger partial charge in [0.2, 0.25) is 5.91 Å². The molecule has 0 aromatic carbocycles. The first-order valence-electron chi connectivity index (χ1n) is 4.27. The van der Waals surface area contributed by atoms with E-state index in [1.165, 1.54) is 0 Å². The molecule has 1 unspecified atom stereocenters. The molecule has 0 aliphatic heterocycles. The lowest BCUT2D eigenvalue weighted by Crippen LogP contribution is -2.26. The molecule has 1 aromatic heterocycles. The van der Waals surface area contributed by atoms with E-state index < -0.39 is 0 Å². The van der Waals surface area contributed by atoms with Crippen molar-refractivity contribution >= 4 is 17.2 Å². The lowest BCUT2D eigenvalue weighted by molar-refractivity contribution is -0.120. The van der Waals surface area contributed by atoms with Crippen LogP contribution in [0.2, 0.25) is 0 Å². The predicted octanol–water partition coefficient (Wildman–Crippen LogP) is 1.28. The van der Waals surface area contributed by atoms with E-state index >= 15 is 0 Å². The van der Waals surface area contributed by atoms with Crippen LogP contribution in [0.1, 0.15) is 24.3 Å². The van der Waals surface area contributed by atoms with E-state index in [0.717, 1.165) is 5.01 Å². The Labute approximate surface area is 86.6 Å². The number of hydrogen-bond donors (Lipinski definition) is 1. The molecule has 5 heteroatoms. The smallest absolute Gasteiger partial charge is 0.234 e. The standard InChI is InChI=1S/C9H11N3OS/c1-7(9-11-4-5-14-9)6-12-8(13)2-3-10/h4-5,7H,2,6H2,1H3,(H,12,13). The fourth-order valence-corrected chi connectivity index (χ4v) is 1.66. The summed E-state index contributed by atoms with van der Waals surface area (Å²) >= 11 is 1.57. The summed E-state index contributed by atoms with van der Waals surface area (Å²) in [4.78, 5) is 15.1. The van der Waals surface area contributed by atoms with Gasteiger partial charge in [-0.3, -0.25) is 4.79 Å². The molecule has 74 valence electrons. The van der Waals surface area contributed by atoms with E-state index in [2.05, 4.69) is 10.3 Å². The molecule has 0 bridgehead atoms. The van der Waals surface area contributed by atoms with Gasteiger partial charge in [-0.2, -0.15) is 5.26 Å². The van der Waals surface area contributed by atoms with Gasteiger partial charge in [0.15, 0.2) is 0 Å². The van der Waals surface area contributed by atoms with Crippen molar-refractivity contribution in [3.8, 4) is 6.07 Å². The molecule has 4 nitrogen and oxygen atoms in total. The Kier molecular flexibility index (Phi) is 4.08. The first kappa shape index (κ1) is 10.7. The Morgan fingerprint density at radius 3 is 3.21 bits per heavy atom. The van der Waals surface area contributed by atoms with Crippen LogP contribution in [0.5, 0.6) is 0 Å². The van der Waals surface area contributed by atoms with Crippen LogP contribution in [-0.4, -0.2) is 17.4 Å². The van der Waals surface area contributed by atoms with Gasteiger partial charge in [0, 0.05) is 24.0 Å². The highest BCUT2D eigenvalue weighted by Gasteiger charge is 2.09. The highest BCUT2D eigenvalue weighted by molar-refractivity contribution is 7.09. The first-order valence-corrected chi connectivity index (χ1v) is 5.15. The van der Waals surface area contributed by atoms with Crippen molar-refractivity contribution in [3.63, 3.8) is 0 Å². The SMILES string of the molecule is CC(CNC(=O)CC#N)c1nccs1. The Bertz CT molecular complexity index is 328. The van der Waals surface area contributed by atoms with Crippen LogP contribution < -0.4 is 5.32 Å². The molecule has 0 saturated heterocycles. The summed E-state index contributed by atoms with van der Waals surface area (Å²) in [5.74, 6) is -0.0199. The molecule has 0 spiro atoms. The van der Waals surface area contributed by atoms with Crippen LogP contribution in [0.4, 0.5) is 0 Å². The predicted molar refractivity (Wildman–Crippen MR) is 53.8 cm³/mol. The van der Waals surface area contributed by atoms with Crippen molar-refractivity contribution in [1.29, 1.82) is 5.26 Å². The van der Waals surface area contributed by atoms with Crippen molar-refractivity contribution in [3.05, 3.63) is 16.6 Å². The minimum atomic E-state index is -0.226. The monoisotopic (exact) mass is 209 g/mol. The summed E-state index contributed by atoms with van der Waals surface area (Å²) in [6, 6.07) is 1.80. The second-order valence-electron chi connectivity index (χ2n) is 2.91. The van der Waals surface area contributed by atoms with E-state index in [9.17, 15) is 4.79 Å². The maximum Gasteiger partial charge on any atom is 0.234 e. The average molecular weight is 209 g/mol. The van der Waals surface area contributed by atoms with Crippen LogP contribution in [0, 0.1) is 11.3 Å².